The lowest BCUT2D eigenvalue weighted by Crippen LogP contribution is -2.43. The lowest BCUT2D eigenvalue weighted by molar-refractivity contribution is -0.125. The number of rotatable bonds is 10. The highest BCUT2D eigenvalue weighted by Gasteiger charge is 2.26. The minimum atomic E-state index is -0.126. The normalized spacial score (nSPS) is 14.9. The van der Waals surface area contributed by atoms with E-state index >= 15 is 0 Å². The average Bonchev–Trinajstić information content (AvgIpc) is 3.55. The van der Waals surface area contributed by atoms with Crippen LogP contribution in [0.2, 0.25) is 0 Å². The third kappa shape index (κ3) is 6.09. The van der Waals surface area contributed by atoms with Crippen molar-refractivity contribution in [2.75, 3.05) is 44.6 Å². The molecule has 1 amide bonds. The van der Waals surface area contributed by atoms with Crippen molar-refractivity contribution in [3.8, 4) is 22.9 Å². The number of benzene rings is 2. The van der Waals surface area contributed by atoms with E-state index in [2.05, 4.69) is 25.6 Å². The van der Waals surface area contributed by atoms with Crippen LogP contribution in [-0.4, -0.2) is 60.1 Å². The molecule has 2 aromatic heterocycles. The van der Waals surface area contributed by atoms with Crippen molar-refractivity contribution >= 4 is 23.4 Å². The van der Waals surface area contributed by atoms with Crippen molar-refractivity contribution in [2.45, 2.75) is 19.4 Å². The van der Waals surface area contributed by atoms with Crippen LogP contribution in [0.15, 0.2) is 67.1 Å². The van der Waals surface area contributed by atoms with Crippen LogP contribution in [0, 0.1) is 5.92 Å². The van der Waals surface area contributed by atoms with Gasteiger partial charge in [0, 0.05) is 56.0 Å². The summed E-state index contributed by atoms with van der Waals surface area (Å²) in [6.07, 6.45) is 7.09. The molecule has 1 aliphatic heterocycles. The van der Waals surface area contributed by atoms with E-state index in [1.165, 1.54) is 0 Å². The number of hydrogen-bond donors (Lipinski definition) is 2. The highest BCUT2D eigenvalue weighted by Crippen LogP contribution is 2.40. The lowest BCUT2D eigenvalue weighted by atomic mass is 9.97. The Morgan fingerprint density at radius 2 is 1.80 bits per heavy atom. The monoisotopic (exact) mass is 543 g/mol. The highest BCUT2D eigenvalue weighted by atomic mass is 16.5. The topological polar surface area (TPSA) is 116 Å². The number of aromatic nitrogens is 4. The fraction of sp³-hybridized carbons (Fsp3) is 0.310. The maximum absolute atomic E-state index is 13.1. The minimum Gasteiger partial charge on any atom is -0.493 e. The molecule has 0 bridgehead atoms. The van der Waals surface area contributed by atoms with Gasteiger partial charge in [0.25, 0.3) is 0 Å². The molecule has 2 N–H and O–H groups in total. The molecule has 0 radical (unpaired) electrons. The predicted octanol–water partition coefficient (Wildman–Crippen LogP) is 3.96. The fourth-order valence-corrected chi connectivity index (χ4v) is 4.79. The third-order valence-electron chi connectivity index (χ3n) is 6.85. The van der Waals surface area contributed by atoms with Gasteiger partial charge in [-0.15, -0.1) is 0 Å². The number of methoxy groups -OCH3 is 3. The maximum Gasteiger partial charge on any atom is 0.229 e. The Hall–Kier alpha value is -4.80. The standard InChI is InChI=1S/C29H33N7O4/c1-38-24-16-22(17-25(39-2)27(24)40-3)33-29-30-13-11-26(34-29)35-14-4-6-21(19-35)28(37)31-18-20-7-9-23(10-8-20)36-15-5-12-32-36/h5,7-13,15-17,21H,4,6,14,18-19H2,1-3H3,(H,31,37)(H,30,33,34)/t21-/m0/s1. The van der Waals surface area contributed by atoms with Crippen LogP contribution >= 0.6 is 0 Å². The summed E-state index contributed by atoms with van der Waals surface area (Å²) in [5.41, 5.74) is 2.71. The summed E-state index contributed by atoms with van der Waals surface area (Å²) in [5.74, 6) is 2.67. The number of ether oxygens (including phenoxy) is 3. The molecular formula is C29H33N7O4. The Kier molecular flexibility index (Phi) is 8.29. The van der Waals surface area contributed by atoms with Crippen molar-refractivity contribution in [1.82, 2.24) is 25.1 Å². The summed E-state index contributed by atoms with van der Waals surface area (Å²) in [6.45, 7) is 1.88. The average molecular weight is 544 g/mol. The molecule has 40 heavy (non-hydrogen) atoms. The van der Waals surface area contributed by atoms with E-state index in [1.807, 2.05) is 42.6 Å². The largest absolute Gasteiger partial charge is 0.493 e. The van der Waals surface area contributed by atoms with Crippen molar-refractivity contribution in [1.29, 1.82) is 0 Å². The second-order valence-corrected chi connectivity index (χ2v) is 9.40. The first-order valence-corrected chi connectivity index (χ1v) is 13.1. The molecule has 4 aromatic rings. The first-order chi connectivity index (χ1) is 19.6. The zero-order valence-corrected chi connectivity index (χ0v) is 22.8. The van der Waals surface area contributed by atoms with E-state index in [1.54, 1.807) is 50.5 Å². The molecular weight excluding hydrogens is 510 g/mol. The van der Waals surface area contributed by atoms with Gasteiger partial charge in [-0.2, -0.15) is 10.1 Å². The Balaban J connectivity index is 1.21. The molecule has 1 aliphatic rings. The van der Waals surface area contributed by atoms with Crippen LogP contribution < -0.4 is 29.7 Å². The molecule has 3 heterocycles. The van der Waals surface area contributed by atoms with Crippen LogP contribution in [0.25, 0.3) is 5.69 Å². The van der Waals surface area contributed by atoms with E-state index in [0.717, 1.165) is 36.5 Å². The van der Waals surface area contributed by atoms with Crippen molar-refractivity contribution < 1.29 is 19.0 Å². The van der Waals surface area contributed by atoms with E-state index in [9.17, 15) is 4.79 Å². The van der Waals surface area contributed by atoms with Gasteiger partial charge in [-0.25, -0.2) is 9.67 Å². The Morgan fingerprint density at radius 1 is 1.02 bits per heavy atom. The molecule has 11 heteroatoms. The van der Waals surface area contributed by atoms with Crippen molar-refractivity contribution in [3.05, 3.63) is 72.7 Å². The zero-order valence-electron chi connectivity index (χ0n) is 22.8. The van der Waals surface area contributed by atoms with E-state index in [0.29, 0.717) is 42.0 Å². The first kappa shape index (κ1) is 26.8. The van der Waals surface area contributed by atoms with Crippen LogP contribution in [0.1, 0.15) is 18.4 Å². The second kappa shape index (κ2) is 12.4. The van der Waals surface area contributed by atoms with Gasteiger partial charge >= 0.3 is 0 Å². The summed E-state index contributed by atoms with van der Waals surface area (Å²) in [7, 11) is 4.70. The van der Waals surface area contributed by atoms with Gasteiger partial charge in [0.05, 0.1) is 32.9 Å². The fourth-order valence-electron chi connectivity index (χ4n) is 4.79. The van der Waals surface area contributed by atoms with Gasteiger partial charge in [0.1, 0.15) is 5.82 Å². The lowest BCUT2D eigenvalue weighted by Gasteiger charge is -2.33. The van der Waals surface area contributed by atoms with Crippen LogP contribution in [-0.2, 0) is 11.3 Å². The molecule has 1 atom stereocenters. The van der Waals surface area contributed by atoms with Crippen molar-refractivity contribution in [2.24, 2.45) is 5.92 Å². The number of nitrogens with one attached hydrogen (secondary N) is 2. The summed E-state index contributed by atoms with van der Waals surface area (Å²) in [4.78, 5) is 24.3. The molecule has 0 unspecified atom stereocenters. The molecule has 1 saturated heterocycles. The van der Waals surface area contributed by atoms with E-state index < -0.39 is 0 Å². The number of carbonyl (C=O) groups is 1. The van der Waals surface area contributed by atoms with Gasteiger partial charge < -0.3 is 29.7 Å². The predicted molar refractivity (Wildman–Crippen MR) is 152 cm³/mol. The molecule has 5 rings (SSSR count). The molecule has 0 aliphatic carbocycles. The minimum absolute atomic E-state index is 0.0469. The molecule has 0 spiro atoms. The Morgan fingerprint density at radius 3 is 2.48 bits per heavy atom. The number of hydrogen-bond acceptors (Lipinski definition) is 9. The van der Waals surface area contributed by atoms with Crippen LogP contribution in [0.4, 0.5) is 17.5 Å². The van der Waals surface area contributed by atoms with Crippen LogP contribution in [0.5, 0.6) is 17.2 Å². The SMILES string of the molecule is COc1cc(Nc2nccc(N3CCC[C@H](C(=O)NCc4ccc(-n5cccn5)cc4)C3)n2)cc(OC)c1OC. The first-order valence-electron chi connectivity index (χ1n) is 13.1. The number of anilines is 3. The van der Waals surface area contributed by atoms with Gasteiger partial charge in [-0.05, 0) is 42.7 Å². The number of piperidine rings is 1. The second-order valence-electron chi connectivity index (χ2n) is 9.40. The molecule has 0 saturated carbocycles. The van der Waals surface area contributed by atoms with E-state index in [4.69, 9.17) is 19.2 Å². The Labute approximate surface area is 233 Å². The quantitative estimate of drug-likeness (QED) is 0.307. The summed E-state index contributed by atoms with van der Waals surface area (Å²) < 4.78 is 18.1. The zero-order chi connectivity index (χ0) is 27.9. The van der Waals surface area contributed by atoms with Gasteiger partial charge in [0.2, 0.25) is 17.6 Å². The smallest absolute Gasteiger partial charge is 0.229 e. The summed E-state index contributed by atoms with van der Waals surface area (Å²) in [5, 5.41) is 10.6. The number of amides is 1. The van der Waals surface area contributed by atoms with Gasteiger partial charge in [-0.1, -0.05) is 12.1 Å². The summed E-state index contributed by atoms with van der Waals surface area (Å²) in [6, 6.07) is 15.3. The molecule has 1 fully saturated rings. The number of carbonyl (C=O) groups excluding carboxylic acids is 1. The number of nitrogens with zero attached hydrogens (tertiary/aromatic N) is 5. The summed E-state index contributed by atoms with van der Waals surface area (Å²) >= 11 is 0. The van der Waals surface area contributed by atoms with E-state index in [-0.39, 0.29) is 11.8 Å². The van der Waals surface area contributed by atoms with Gasteiger partial charge in [0.15, 0.2) is 11.5 Å². The van der Waals surface area contributed by atoms with Gasteiger partial charge in [-0.3, -0.25) is 4.79 Å². The van der Waals surface area contributed by atoms with Crippen molar-refractivity contribution in [3.63, 3.8) is 0 Å². The maximum atomic E-state index is 13.1. The molecule has 11 nitrogen and oxygen atoms in total. The Bertz CT molecular complexity index is 1400. The molecule has 208 valence electrons. The third-order valence-corrected chi connectivity index (χ3v) is 6.85. The highest BCUT2D eigenvalue weighted by molar-refractivity contribution is 5.79. The molecule has 2 aromatic carbocycles. The van der Waals surface area contributed by atoms with Crippen LogP contribution in [0.3, 0.4) is 0 Å².